The molecule has 0 atom stereocenters. The van der Waals surface area contributed by atoms with Gasteiger partial charge in [0.15, 0.2) is 11.5 Å². The van der Waals surface area contributed by atoms with Crippen molar-refractivity contribution >= 4 is 11.3 Å². The van der Waals surface area contributed by atoms with Crippen LogP contribution in [0.25, 0.3) is 11.1 Å². The van der Waals surface area contributed by atoms with Crippen LogP contribution in [-0.2, 0) is 0 Å². The highest BCUT2D eigenvalue weighted by Gasteiger charge is 2.22. The molecule has 0 N–H and O–H groups in total. The van der Waals surface area contributed by atoms with E-state index < -0.39 is 0 Å². The summed E-state index contributed by atoms with van der Waals surface area (Å²) in [6, 6.07) is 3.81. The van der Waals surface area contributed by atoms with Crippen LogP contribution in [0.15, 0.2) is 22.9 Å². The van der Waals surface area contributed by atoms with Crippen molar-refractivity contribution in [1.29, 1.82) is 0 Å². The standard InChI is InChI=1S/C14H16O4S/c1-15-10-7-11(16-2)13(17-3)14(18-4)12(10)9-5-6-19-8-9/h5-8H,1-4H3. The van der Waals surface area contributed by atoms with Crippen molar-refractivity contribution < 1.29 is 18.9 Å². The molecule has 2 aromatic rings. The van der Waals surface area contributed by atoms with Crippen LogP contribution in [0.2, 0.25) is 0 Å². The average molecular weight is 280 g/mol. The third-order valence-corrected chi connectivity index (χ3v) is 3.51. The van der Waals surface area contributed by atoms with E-state index in [1.165, 1.54) is 0 Å². The Hall–Kier alpha value is -1.88. The third-order valence-electron chi connectivity index (χ3n) is 2.82. The maximum Gasteiger partial charge on any atom is 0.204 e. The highest BCUT2D eigenvalue weighted by molar-refractivity contribution is 7.08. The number of benzene rings is 1. The number of hydrogen-bond donors (Lipinski definition) is 0. The normalized spacial score (nSPS) is 10.1. The second kappa shape index (κ2) is 5.84. The zero-order chi connectivity index (χ0) is 13.8. The van der Waals surface area contributed by atoms with E-state index in [2.05, 4.69) is 0 Å². The van der Waals surface area contributed by atoms with Gasteiger partial charge in [0.2, 0.25) is 5.75 Å². The van der Waals surface area contributed by atoms with Crippen LogP contribution in [-0.4, -0.2) is 28.4 Å². The van der Waals surface area contributed by atoms with Gasteiger partial charge in [-0.1, -0.05) is 0 Å². The summed E-state index contributed by atoms with van der Waals surface area (Å²) in [5.41, 5.74) is 1.89. The largest absolute Gasteiger partial charge is 0.496 e. The first-order valence-corrected chi connectivity index (χ1v) is 6.60. The van der Waals surface area contributed by atoms with Crippen molar-refractivity contribution in [2.24, 2.45) is 0 Å². The van der Waals surface area contributed by atoms with Crippen LogP contribution in [0.5, 0.6) is 23.0 Å². The number of thiophene rings is 1. The van der Waals surface area contributed by atoms with Crippen molar-refractivity contribution in [3.05, 3.63) is 22.9 Å². The Morgan fingerprint density at radius 2 is 1.53 bits per heavy atom. The molecule has 0 spiro atoms. The molecular formula is C14H16O4S. The Bertz CT molecular complexity index is 549. The molecule has 0 amide bonds. The summed E-state index contributed by atoms with van der Waals surface area (Å²) in [5.74, 6) is 2.44. The minimum atomic E-state index is 0.562. The first-order chi connectivity index (χ1) is 9.26. The maximum absolute atomic E-state index is 5.50. The number of methoxy groups -OCH3 is 4. The minimum Gasteiger partial charge on any atom is -0.496 e. The van der Waals surface area contributed by atoms with Crippen molar-refractivity contribution in [1.82, 2.24) is 0 Å². The topological polar surface area (TPSA) is 36.9 Å². The smallest absolute Gasteiger partial charge is 0.204 e. The summed E-state index contributed by atoms with van der Waals surface area (Å²) in [6.45, 7) is 0. The fourth-order valence-electron chi connectivity index (χ4n) is 1.97. The second-order valence-corrected chi connectivity index (χ2v) is 4.51. The molecule has 2 rings (SSSR count). The zero-order valence-corrected chi connectivity index (χ0v) is 12.2. The molecular weight excluding hydrogens is 264 g/mol. The first kappa shape index (κ1) is 13.5. The quantitative estimate of drug-likeness (QED) is 0.840. The number of hydrogen-bond acceptors (Lipinski definition) is 5. The van der Waals surface area contributed by atoms with Gasteiger partial charge < -0.3 is 18.9 Å². The van der Waals surface area contributed by atoms with E-state index in [0.717, 1.165) is 11.1 Å². The molecule has 0 bridgehead atoms. The third kappa shape index (κ3) is 2.33. The Morgan fingerprint density at radius 3 is 2.00 bits per heavy atom. The summed E-state index contributed by atoms with van der Waals surface area (Å²) >= 11 is 1.61. The second-order valence-electron chi connectivity index (χ2n) is 3.73. The van der Waals surface area contributed by atoms with Gasteiger partial charge in [-0.15, -0.1) is 0 Å². The molecule has 0 aliphatic rings. The predicted octanol–water partition coefficient (Wildman–Crippen LogP) is 3.45. The van der Waals surface area contributed by atoms with Gasteiger partial charge in [0, 0.05) is 6.07 Å². The molecule has 0 saturated heterocycles. The van der Waals surface area contributed by atoms with Crippen LogP contribution in [0.3, 0.4) is 0 Å². The van der Waals surface area contributed by atoms with E-state index in [-0.39, 0.29) is 0 Å². The zero-order valence-electron chi connectivity index (χ0n) is 11.4. The van der Waals surface area contributed by atoms with E-state index in [0.29, 0.717) is 23.0 Å². The Kier molecular flexibility index (Phi) is 4.16. The lowest BCUT2D eigenvalue weighted by Gasteiger charge is -2.18. The number of ether oxygens (including phenoxy) is 4. The lowest BCUT2D eigenvalue weighted by Crippen LogP contribution is -1.99. The fourth-order valence-corrected chi connectivity index (χ4v) is 2.62. The van der Waals surface area contributed by atoms with E-state index in [1.54, 1.807) is 45.8 Å². The van der Waals surface area contributed by atoms with Crippen molar-refractivity contribution in [3.63, 3.8) is 0 Å². The molecule has 0 aliphatic carbocycles. The first-order valence-electron chi connectivity index (χ1n) is 5.66. The van der Waals surface area contributed by atoms with E-state index in [4.69, 9.17) is 18.9 Å². The lowest BCUT2D eigenvalue weighted by molar-refractivity contribution is 0.320. The van der Waals surface area contributed by atoms with Crippen LogP contribution in [0.4, 0.5) is 0 Å². The van der Waals surface area contributed by atoms with Gasteiger partial charge in [-0.25, -0.2) is 0 Å². The molecule has 102 valence electrons. The minimum absolute atomic E-state index is 0.562. The van der Waals surface area contributed by atoms with E-state index in [1.807, 2.05) is 16.8 Å². The molecule has 0 aliphatic heterocycles. The lowest BCUT2D eigenvalue weighted by atomic mass is 10.1. The van der Waals surface area contributed by atoms with Crippen LogP contribution in [0, 0.1) is 0 Å². The van der Waals surface area contributed by atoms with E-state index >= 15 is 0 Å². The summed E-state index contributed by atoms with van der Waals surface area (Å²) in [6.07, 6.45) is 0. The molecule has 4 nitrogen and oxygen atoms in total. The average Bonchev–Trinajstić information content (AvgIpc) is 2.98. The highest BCUT2D eigenvalue weighted by atomic mass is 32.1. The maximum atomic E-state index is 5.50. The highest BCUT2D eigenvalue weighted by Crippen LogP contribution is 2.50. The molecule has 5 heteroatoms. The molecule has 0 unspecified atom stereocenters. The predicted molar refractivity (Wildman–Crippen MR) is 76.0 cm³/mol. The van der Waals surface area contributed by atoms with Crippen LogP contribution >= 0.6 is 11.3 Å². The molecule has 0 radical (unpaired) electrons. The van der Waals surface area contributed by atoms with Gasteiger partial charge >= 0.3 is 0 Å². The summed E-state index contributed by atoms with van der Waals surface area (Å²) in [7, 11) is 6.40. The monoisotopic (exact) mass is 280 g/mol. The van der Waals surface area contributed by atoms with Crippen LogP contribution < -0.4 is 18.9 Å². The van der Waals surface area contributed by atoms with Gasteiger partial charge in [-0.3, -0.25) is 0 Å². The molecule has 0 saturated carbocycles. The van der Waals surface area contributed by atoms with Gasteiger partial charge in [-0.2, -0.15) is 11.3 Å². The fraction of sp³-hybridized carbons (Fsp3) is 0.286. The molecule has 19 heavy (non-hydrogen) atoms. The molecule has 1 aromatic carbocycles. The summed E-state index contributed by atoms with van der Waals surface area (Å²) in [4.78, 5) is 0. The SMILES string of the molecule is COc1cc(OC)c(-c2ccsc2)c(OC)c1OC. The molecule has 0 fully saturated rings. The molecule has 1 heterocycles. The summed E-state index contributed by atoms with van der Waals surface area (Å²) in [5, 5.41) is 4.04. The summed E-state index contributed by atoms with van der Waals surface area (Å²) < 4.78 is 21.6. The van der Waals surface area contributed by atoms with Crippen molar-refractivity contribution in [3.8, 4) is 34.1 Å². The van der Waals surface area contributed by atoms with Gasteiger partial charge in [0.25, 0.3) is 0 Å². The van der Waals surface area contributed by atoms with Crippen molar-refractivity contribution in [2.75, 3.05) is 28.4 Å². The Morgan fingerprint density at radius 1 is 0.842 bits per heavy atom. The van der Waals surface area contributed by atoms with Gasteiger partial charge in [0.05, 0.1) is 34.0 Å². The van der Waals surface area contributed by atoms with E-state index in [9.17, 15) is 0 Å². The Balaban J connectivity index is 2.76. The van der Waals surface area contributed by atoms with Gasteiger partial charge in [-0.05, 0) is 22.4 Å². The Labute approximate surface area is 116 Å². The molecule has 1 aromatic heterocycles. The van der Waals surface area contributed by atoms with Gasteiger partial charge in [0.1, 0.15) is 5.75 Å². The van der Waals surface area contributed by atoms with Crippen LogP contribution in [0.1, 0.15) is 0 Å². The number of rotatable bonds is 5. The van der Waals surface area contributed by atoms with Crippen molar-refractivity contribution in [2.45, 2.75) is 0 Å².